The van der Waals surface area contributed by atoms with Crippen LogP contribution in [-0.4, -0.2) is 141 Å². The number of H-pyrrole nitrogens is 1. The maximum Gasteiger partial charge on any atom is 0.326 e. The zero-order chi connectivity index (χ0) is 43.2. The number of carboxylic acid groups (broad SMARTS) is 1. The molecule has 0 saturated heterocycles. The van der Waals surface area contributed by atoms with E-state index in [0.29, 0.717) is 70.8 Å². The Morgan fingerprint density at radius 2 is 1.43 bits per heavy atom. The third kappa shape index (κ3) is 20.8. The van der Waals surface area contributed by atoms with Crippen LogP contribution in [0.15, 0.2) is 35.3 Å². The number of nitrogens with zero attached hydrogens (tertiary/aromatic N) is 3. The molecule has 0 aliphatic rings. The number of carboxylic acids is 1. The fraction of sp³-hybridized carbons (Fsp3) is 0.538. The summed E-state index contributed by atoms with van der Waals surface area (Å²) in [5.41, 5.74) is 6.55. The minimum absolute atomic E-state index is 0.0540. The first-order chi connectivity index (χ1) is 29.2. The second-order valence-electron chi connectivity index (χ2n) is 12.8. The van der Waals surface area contributed by atoms with E-state index in [4.69, 9.17) is 40.6 Å². The number of fused-ring (bicyclic) bond motifs is 1. The van der Waals surface area contributed by atoms with Gasteiger partial charge in [-0.25, -0.2) is 14.8 Å². The normalized spacial score (nSPS) is 11.4. The minimum Gasteiger partial charge on any atom is -0.480 e. The van der Waals surface area contributed by atoms with Crippen molar-refractivity contribution >= 4 is 46.5 Å². The monoisotopic (exact) mass is 841 g/mol. The largest absolute Gasteiger partial charge is 0.480 e. The lowest BCUT2D eigenvalue weighted by atomic mass is 10.1. The average Bonchev–Trinajstić information content (AvgIpc) is 3.23. The lowest BCUT2D eigenvalue weighted by molar-refractivity contribution is -0.139. The molecule has 3 amide bonds. The van der Waals surface area contributed by atoms with Crippen molar-refractivity contribution in [1.82, 2.24) is 35.9 Å². The molecule has 0 aliphatic heterocycles. The molecule has 0 aliphatic carbocycles. The van der Waals surface area contributed by atoms with Crippen molar-refractivity contribution in [3.05, 3.63) is 52.1 Å². The van der Waals surface area contributed by atoms with Crippen molar-refractivity contribution in [2.75, 3.05) is 97.0 Å². The molecule has 0 radical (unpaired) electrons. The number of aromatic nitrogens is 4. The Morgan fingerprint density at radius 1 is 0.800 bits per heavy atom. The molecule has 0 bridgehead atoms. The SMILES string of the molecule is C#CCOCNC(=O)CCOCCOCCOCCOCCCCCOCCNC(=O)CC[C@H](NC(=O)c1ccc(NCc2cnc3nc(N)[nH]c(=O)c3n2)cc1)C(=O)O. The van der Waals surface area contributed by atoms with Crippen LogP contribution >= 0.6 is 0 Å². The van der Waals surface area contributed by atoms with Gasteiger partial charge in [0.25, 0.3) is 11.5 Å². The number of rotatable bonds is 33. The van der Waals surface area contributed by atoms with Crippen LogP contribution in [0, 0.1) is 12.3 Å². The van der Waals surface area contributed by atoms with E-state index < -0.39 is 23.5 Å². The standard InChI is InChI=1S/C39H55N9O12/c1-2-14-60-27-44-33(50)12-17-57-20-22-59-24-23-58-21-19-56-16-5-3-4-15-55-18-13-41-32(49)11-10-31(38(53)54)46-36(51)28-6-8-29(9-7-28)42-25-30-26-43-35-34(45-30)37(52)48-39(40)47-35/h1,6-9,26,31,42H,3-5,10-25,27H2,(H,41,49)(H,44,50)(H,46,51)(H,53,54)(H3,40,43,47,48,52)/t31-/m0/s1. The van der Waals surface area contributed by atoms with Crippen molar-refractivity contribution < 1.29 is 52.7 Å². The fourth-order valence-corrected chi connectivity index (χ4v) is 5.06. The van der Waals surface area contributed by atoms with Gasteiger partial charge >= 0.3 is 5.97 Å². The molecule has 1 aromatic carbocycles. The molecule has 2 aromatic heterocycles. The van der Waals surface area contributed by atoms with Crippen molar-refractivity contribution in [3.63, 3.8) is 0 Å². The maximum absolute atomic E-state index is 12.8. The first kappa shape index (κ1) is 48.6. The van der Waals surface area contributed by atoms with Gasteiger partial charge < -0.3 is 60.5 Å². The molecule has 21 nitrogen and oxygen atoms in total. The molecule has 8 N–H and O–H groups in total. The van der Waals surface area contributed by atoms with E-state index in [1.165, 1.54) is 18.3 Å². The number of amides is 3. The molecular weight excluding hydrogens is 786 g/mol. The van der Waals surface area contributed by atoms with Gasteiger partial charge in [-0.05, 0) is 49.9 Å². The first-order valence-corrected chi connectivity index (χ1v) is 19.5. The van der Waals surface area contributed by atoms with Crippen LogP contribution in [0.5, 0.6) is 0 Å². The number of carbonyl (C=O) groups is 4. The fourth-order valence-electron chi connectivity index (χ4n) is 5.06. The third-order valence-electron chi connectivity index (χ3n) is 8.16. The van der Waals surface area contributed by atoms with Crippen molar-refractivity contribution in [1.29, 1.82) is 0 Å². The highest BCUT2D eigenvalue weighted by atomic mass is 16.6. The number of ether oxygens (including phenoxy) is 6. The zero-order valence-electron chi connectivity index (χ0n) is 33.5. The number of terminal acetylenes is 1. The number of nitrogens with two attached hydrogens (primary N) is 1. The van der Waals surface area contributed by atoms with Crippen LogP contribution in [-0.2, 0) is 49.3 Å². The van der Waals surface area contributed by atoms with E-state index in [-0.39, 0.29) is 86.8 Å². The van der Waals surface area contributed by atoms with Crippen LogP contribution in [0.3, 0.4) is 0 Å². The van der Waals surface area contributed by atoms with Crippen LogP contribution in [0.2, 0.25) is 0 Å². The predicted octanol–water partition coefficient (Wildman–Crippen LogP) is 0.354. The van der Waals surface area contributed by atoms with E-state index >= 15 is 0 Å². The molecule has 328 valence electrons. The van der Waals surface area contributed by atoms with Gasteiger partial charge in [-0.3, -0.25) is 24.2 Å². The molecule has 3 rings (SSSR count). The summed E-state index contributed by atoms with van der Waals surface area (Å²) in [5, 5.41) is 20.5. The Morgan fingerprint density at radius 3 is 2.10 bits per heavy atom. The second kappa shape index (κ2) is 29.4. The highest BCUT2D eigenvalue weighted by Crippen LogP contribution is 2.12. The lowest BCUT2D eigenvalue weighted by Gasteiger charge is -2.15. The summed E-state index contributed by atoms with van der Waals surface area (Å²) in [6, 6.07) is 5.05. The van der Waals surface area contributed by atoms with Crippen molar-refractivity contribution in [2.45, 2.75) is 51.1 Å². The lowest BCUT2D eigenvalue weighted by Crippen LogP contribution is -2.41. The summed E-state index contributed by atoms with van der Waals surface area (Å²) in [7, 11) is 0. The number of nitrogens with one attached hydrogen (secondary N) is 5. The molecule has 0 fully saturated rings. The van der Waals surface area contributed by atoms with E-state index in [1.54, 1.807) is 12.1 Å². The molecule has 60 heavy (non-hydrogen) atoms. The number of nitrogen functional groups attached to an aromatic ring is 1. The summed E-state index contributed by atoms with van der Waals surface area (Å²) in [6.45, 7) is 5.04. The summed E-state index contributed by atoms with van der Waals surface area (Å²) in [6.07, 6.45) is 9.16. The molecular formula is C39H55N9O12. The third-order valence-corrected chi connectivity index (χ3v) is 8.16. The Kier molecular flexibility index (Phi) is 23.9. The summed E-state index contributed by atoms with van der Waals surface area (Å²) in [5.74, 6) is -0.141. The van der Waals surface area contributed by atoms with Gasteiger partial charge in [0.2, 0.25) is 17.8 Å². The zero-order valence-corrected chi connectivity index (χ0v) is 33.5. The molecule has 0 saturated carbocycles. The highest BCUT2D eigenvalue weighted by Gasteiger charge is 2.22. The van der Waals surface area contributed by atoms with Crippen LogP contribution in [0.4, 0.5) is 11.6 Å². The number of aromatic amines is 1. The molecule has 0 unspecified atom stereocenters. The van der Waals surface area contributed by atoms with E-state index in [0.717, 1.165) is 19.3 Å². The van der Waals surface area contributed by atoms with Crippen molar-refractivity contribution in [3.8, 4) is 12.3 Å². The number of anilines is 2. The number of hydrogen-bond donors (Lipinski definition) is 7. The average molecular weight is 842 g/mol. The van der Waals surface area contributed by atoms with Crippen LogP contribution in [0.1, 0.15) is 54.6 Å². The van der Waals surface area contributed by atoms with Gasteiger partial charge in [0.15, 0.2) is 11.2 Å². The number of hydrogen-bond acceptors (Lipinski definition) is 16. The van der Waals surface area contributed by atoms with E-state index in [9.17, 15) is 29.1 Å². The van der Waals surface area contributed by atoms with E-state index in [1.807, 2.05) is 0 Å². The predicted molar refractivity (Wildman–Crippen MR) is 218 cm³/mol. The van der Waals surface area contributed by atoms with Gasteiger partial charge in [-0.2, -0.15) is 4.98 Å². The summed E-state index contributed by atoms with van der Waals surface area (Å²) in [4.78, 5) is 75.2. The van der Waals surface area contributed by atoms with Gasteiger partial charge in [-0.1, -0.05) is 5.92 Å². The van der Waals surface area contributed by atoms with Crippen molar-refractivity contribution in [2.24, 2.45) is 0 Å². The van der Waals surface area contributed by atoms with E-state index in [2.05, 4.69) is 47.1 Å². The number of aliphatic carboxylic acids is 1. The first-order valence-electron chi connectivity index (χ1n) is 19.5. The molecule has 0 spiro atoms. The Hall–Kier alpha value is -5.76. The quantitative estimate of drug-likeness (QED) is 0.0247. The summed E-state index contributed by atoms with van der Waals surface area (Å²) < 4.78 is 32.3. The maximum atomic E-state index is 12.8. The topological polar surface area (TPSA) is 290 Å². The number of carbonyl (C=O) groups excluding carboxylic acids is 3. The Labute approximate surface area is 347 Å². The van der Waals surface area contributed by atoms with Crippen LogP contribution in [0.25, 0.3) is 11.2 Å². The second-order valence-corrected chi connectivity index (χ2v) is 12.8. The van der Waals surface area contributed by atoms with Gasteiger partial charge in [0, 0.05) is 37.4 Å². The molecule has 1 atom stereocenters. The Balaban J connectivity index is 1.12. The smallest absolute Gasteiger partial charge is 0.326 e. The van der Waals surface area contributed by atoms with Crippen LogP contribution < -0.4 is 32.6 Å². The Bertz CT molecular complexity index is 1860. The minimum atomic E-state index is -1.27. The van der Waals surface area contributed by atoms with Gasteiger partial charge in [-0.15, -0.1) is 6.42 Å². The number of benzene rings is 1. The highest BCUT2D eigenvalue weighted by molar-refractivity contribution is 5.97. The molecule has 3 aromatic rings. The van der Waals surface area contributed by atoms with Gasteiger partial charge in [0.1, 0.15) is 19.4 Å². The van der Waals surface area contributed by atoms with Gasteiger partial charge in [0.05, 0.1) is 77.7 Å². The molecule has 21 heteroatoms. The molecule has 2 heterocycles. The number of unbranched alkanes of at least 4 members (excludes halogenated alkanes) is 2. The summed E-state index contributed by atoms with van der Waals surface area (Å²) >= 11 is 0.